The first-order valence-electron chi connectivity index (χ1n) is 10.3. The average Bonchev–Trinajstić information content (AvgIpc) is 3.12. The molecule has 1 N–H and O–H groups in total. The maximum Gasteiger partial charge on any atom is 0.282 e. The van der Waals surface area contributed by atoms with E-state index in [2.05, 4.69) is 15.3 Å². The monoisotopic (exact) mass is 458 g/mol. The first-order valence-corrected chi connectivity index (χ1v) is 11.1. The number of pyridine rings is 1. The van der Waals surface area contributed by atoms with E-state index in [0.29, 0.717) is 30.1 Å². The standard InChI is InChI=1S/C20H25F3N4O3S/c1-11(25-12(2)28)8-29-13-3-5-14(6-4-13)30-18-16(21)17-15(7-24-18)26-19(31-17)27-9-20(22,23)10-27/h7,11,13-14H,3-6,8-10H2,1-2H3,(H,25,28)/t11-,13-,14-/m0/s1. The van der Waals surface area contributed by atoms with E-state index in [0.717, 1.165) is 24.2 Å². The summed E-state index contributed by atoms with van der Waals surface area (Å²) in [5.41, 5.74) is 0.338. The molecule has 1 saturated carbocycles. The van der Waals surface area contributed by atoms with Gasteiger partial charge in [-0.2, -0.15) is 4.39 Å². The molecule has 0 unspecified atom stereocenters. The van der Waals surface area contributed by atoms with E-state index in [9.17, 15) is 18.0 Å². The van der Waals surface area contributed by atoms with E-state index >= 15 is 0 Å². The molecule has 11 heteroatoms. The molecule has 4 rings (SSSR count). The predicted octanol–water partition coefficient (Wildman–Crippen LogP) is 3.52. The highest BCUT2D eigenvalue weighted by Crippen LogP contribution is 2.39. The summed E-state index contributed by atoms with van der Waals surface area (Å²) < 4.78 is 53.1. The Hall–Kier alpha value is -2.14. The van der Waals surface area contributed by atoms with Crippen LogP contribution >= 0.6 is 11.3 Å². The fourth-order valence-electron chi connectivity index (χ4n) is 3.85. The van der Waals surface area contributed by atoms with Crippen LogP contribution in [0.5, 0.6) is 5.88 Å². The molecule has 0 spiro atoms. The lowest BCUT2D eigenvalue weighted by molar-refractivity contribution is -0.120. The zero-order valence-electron chi connectivity index (χ0n) is 17.4. The lowest BCUT2D eigenvalue weighted by Gasteiger charge is -2.38. The highest BCUT2D eigenvalue weighted by molar-refractivity contribution is 7.22. The molecule has 1 amide bonds. The molecule has 2 fully saturated rings. The van der Waals surface area contributed by atoms with Crippen LogP contribution in [0.25, 0.3) is 10.2 Å². The predicted molar refractivity (Wildman–Crippen MR) is 110 cm³/mol. The second-order valence-corrected chi connectivity index (χ2v) is 9.23. The fourth-order valence-corrected chi connectivity index (χ4v) is 4.81. The molecule has 1 aliphatic carbocycles. The smallest absolute Gasteiger partial charge is 0.282 e. The van der Waals surface area contributed by atoms with Crippen LogP contribution in [0.2, 0.25) is 0 Å². The van der Waals surface area contributed by atoms with Crippen molar-refractivity contribution >= 4 is 32.6 Å². The number of nitrogens with one attached hydrogen (secondary N) is 1. The quantitative estimate of drug-likeness (QED) is 0.684. The van der Waals surface area contributed by atoms with Crippen molar-refractivity contribution in [2.45, 2.75) is 63.7 Å². The van der Waals surface area contributed by atoms with Gasteiger partial charge in [0.1, 0.15) is 11.6 Å². The van der Waals surface area contributed by atoms with Crippen LogP contribution in [0.1, 0.15) is 39.5 Å². The van der Waals surface area contributed by atoms with Crippen molar-refractivity contribution in [3.05, 3.63) is 12.0 Å². The fraction of sp³-hybridized carbons (Fsp3) is 0.650. The SMILES string of the molecule is CC(=O)N[C@@H](C)CO[C@H]1CC[C@H](Oc2ncc3nc(N4CC(F)(F)C4)sc3c2F)CC1. The van der Waals surface area contributed by atoms with E-state index in [1.807, 2.05) is 6.92 Å². The van der Waals surface area contributed by atoms with Gasteiger partial charge >= 0.3 is 0 Å². The molecule has 0 bridgehead atoms. The average molecular weight is 459 g/mol. The third-order valence-corrected chi connectivity index (χ3v) is 6.50. The van der Waals surface area contributed by atoms with Gasteiger partial charge in [-0.15, -0.1) is 0 Å². The van der Waals surface area contributed by atoms with Crippen LogP contribution in [0.15, 0.2) is 6.20 Å². The van der Waals surface area contributed by atoms with Gasteiger partial charge in [-0.05, 0) is 32.6 Å². The number of rotatable bonds is 7. The minimum absolute atomic E-state index is 0.0525. The molecule has 3 heterocycles. The van der Waals surface area contributed by atoms with Gasteiger partial charge in [0.2, 0.25) is 11.7 Å². The topological polar surface area (TPSA) is 76.6 Å². The molecular weight excluding hydrogens is 433 g/mol. The number of anilines is 1. The second-order valence-electron chi connectivity index (χ2n) is 8.25. The van der Waals surface area contributed by atoms with Crippen LogP contribution in [0, 0.1) is 5.82 Å². The van der Waals surface area contributed by atoms with E-state index in [-0.39, 0.29) is 34.7 Å². The number of amides is 1. The van der Waals surface area contributed by atoms with Gasteiger partial charge in [0.15, 0.2) is 5.13 Å². The maximum atomic E-state index is 14.9. The highest BCUT2D eigenvalue weighted by atomic mass is 32.1. The molecule has 0 aromatic carbocycles. The molecule has 31 heavy (non-hydrogen) atoms. The van der Waals surface area contributed by atoms with Crippen molar-refractivity contribution in [3.8, 4) is 5.88 Å². The Morgan fingerprint density at radius 1 is 1.32 bits per heavy atom. The number of fused-ring (bicyclic) bond motifs is 1. The van der Waals surface area contributed by atoms with E-state index in [1.54, 1.807) is 0 Å². The number of ether oxygens (including phenoxy) is 2. The van der Waals surface area contributed by atoms with Gasteiger partial charge in [0, 0.05) is 13.0 Å². The number of hydrogen-bond donors (Lipinski definition) is 1. The van der Waals surface area contributed by atoms with Gasteiger partial charge in [-0.1, -0.05) is 11.3 Å². The molecule has 1 saturated heterocycles. The molecule has 2 aromatic rings. The first-order chi connectivity index (χ1) is 14.7. The summed E-state index contributed by atoms with van der Waals surface area (Å²) in [4.78, 5) is 20.8. The number of aromatic nitrogens is 2. The molecule has 170 valence electrons. The molecule has 7 nitrogen and oxygen atoms in total. The van der Waals surface area contributed by atoms with Gasteiger partial charge in [0.05, 0.1) is 36.7 Å². The molecule has 1 atom stereocenters. The van der Waals surface area contributed by atoms with Crippen LogP contribution in [0.3, 0.4) is 0 Å². The molecule has 1 aliphatic heterocycles. The van der Waals surface area contributed by atoms with Gasteiger partial charge in [-0.3, -0.25) is 4.79 Å². The Kier molecular flexibility index (Phi) is 6.25. The van der Waals surface area contributed by atoms with Crippen LogP contribution < -0.4 is 15.0 Å². The molecule has 2 aliphatic rings. The van der Waals surface area contributed by atoms with Gasteiger partial charge in [-0.25, -0.2) is 18.7 Å². The van der Waals surface area contributed by atoms with Crippen molar-refractivity contribution < 1.29 is 27.4 Å². The second kappa shape index (κ2) is 8.78. The summed E-state index contributed by atoms with van der Waals surface area (Å²) in [6.45, 7) is 3.00. The van der Waals surface area contributed by atoms with E-state index in [1.165, 1.54) is 18.0 Å². The third kappa shape index (κ3) is 5.20. The number of carbonyl (C=O) groups excluding carboxylic acids is 1. The van der Waals surface area contributed by atoms with Crippen molar-refractivity contribution in [1.82, 2.24) is 15.3 Å². The van der Waals surface area contributed by atoms with E-state index < -0.39 is 24.8 Å². The summed E-state index contributed by atoms with van der Waals surface area (Å²) in [7, 11) is 0. The van der Waals surface area contributed by atoms with E-state index in [4.69, 9.17) is 9.47 Å². The Labute approximate surface area is 181 Å². The minimum atomic E-state index is -2.71. The lowest BCUT2D eigenvalue weighted by atomic mass is 9.95. The minimum Gasteiger partial charge on any atom is -0.472 e. The number of nitrogens with zero attached hydrogens (tertiary/aromatic N) is 3. The normalized spacial score (nSPS) is 24.0. The lowest BCUT2D eigenvalue weighted by Crippen LogP contribution is -2.56. The molecular formula is C20H25F3N4O3S. The zero-order valence-corrected chi connectivity index (χ0v) is 18.2. The van der Waals surface area contributed by atoms with Crippen molar-refractivity contribution in [2.24, 2.45) is 0 Å². The van der Waals surface area contributed by atoms with Gasteiger partial charge in [0.25, 0.3) is 11.8 Å². The van der Waals surface area contributed by atoms with Crippen LogP contribution in [-0.2, 0) is 9.53 Å². The van der Waals surface area contributed by atoms with Crippen LogP contribution in [-0.4, -0.2) is 59.7 Å². The highest BCUT2D eigenvalue weighted by Gasteiger charge is 2.45. The summed E-state index contributed by atoms with van der Waals surface area (Å²) >= 11 is 1.04. The summed E-state index contributed by atoms with van der Waals surface area (Å²) in [6, 6.07) is -0.0525. The molecule has 0 radical (unpaired) electrons. The number of alkyl halides is 2. The summed E-state index contributed by atoms with van der Waals surface area (Å²) in [6.07, 6.45) is 4.28. The van der Waals surface area contributed by atoms with Crippen LogP contribution in [0.4, 0.5) is 18.3 Å². The first kappa shape index (κ1) is 22.1. The van der Waals surface area contributed by atoms with Crippen molar-refractivity contribution in [1.29, 1.82) is 0 Å². The number of halogens is 3. The summed E-state index contributed by atoms with van der Waals surface area (Å²) in [5, 5.41) is 3.15. The summed E-state index contributed by atoms with van der Waals surface area (Å²) in [5.74, 6) is -3.49. The largest absolute Gasteiger partial charge is 0.472 e. The van der Waals surface area contributed by atoms with Gasteiger partial charge < -0.3 is 19.7 Å². The Bertz CT molecular complexity index is 941. The Balaban J connectivity index is 1.31. The Morgan fingerprint density at radius 3 is 2.65 bits per heavy atom. The zero-order chi connectivity index (χ0) is 22.2. The third-order valence-electron chi connectivity index (χ3n) is 5.38. The number of carbonyl (C=O) groups is 1. The Morgan fingerprint density at radius 2 is 2.00 bits per heavy atom. The number of hydrogen-bond acceptors (Lipinski definition) is 7. The number of thiazole rings is 1. The maximum absolute atomic E-state index is 14.9. The van der Waals surface area contributed by atoms with Crippen molar-refractivity contribution in [2.75, 3.05) is 24.6 Å². The molecule has 2 aromatic heterocycles. The van der Waals surface area contributed by atoms with Crippen molar-refractivity contribution in [3.63, 3.8) is 0 Å².